The number of hydrogen-bond acceptors (Lipinski definition) is 4. The number of pyridine rings is 3. The monoisotopic (exact) mass is 370 g/mol. The van der Waals surface area contributed by atoms with Crippen molar-refractivity contribution in [3.63, 3.8) is 0 Å². The minimum absolute atomic E-state index is 0.374. The van der Waals surface area contributed by atoms with Crippen molar-refractivity contribution in [3.8, 4) is 28.3 Å². The van der Waals surface area contributed by atoms with Gasteiger partial charge in [-0.3, -0.25) is 9.38 Å². The van der Waals surface area contributed by atoms with Crippen molar-refractivity contribution in [2.45, 2.75) is 6.18 Å². The Labute approximate surface area is 152 Å². The highest BCUT2D eigenvalue weighted by molar-refractivity contribution is 5.69. The van der Waals surface area contributed by atoms with Gasteiger partial charge in [0.25, 0.3) is 0 Å². The maximum atomic E-state index is 13.0. The first-order chi connectivity index (χ1) is 13.0. The van der Waals surface area contributed by atoms with E-state index in [1.807, 2.05) is 6.07 Å². The van der Waals surface area contributed by atoms with Crippen LogP contribution in [0.1, 0.15) is 5.56 Å². The maximum absolute atomic E-state index is 13.0. The minimum Gasteiger partial charge on any atom is -0.481 e. The minimum atomic E-state index is -4.44. The highest BCUT2D eigenvalue weighted by atomic mass is 19.4. The summed E-state index contributed by atoms with van der Waals surface area (Å²) >= 11 is 0. The zero-order valence-corrected chi connectivity index (χ0v) is 14.1. The summed E-state index contributed by atoms with van der Waals surface area (Å²) in [5.41, 5.74) is 2.43. The van der Waals surface area contributed by atoms with Gasteiger partial charge in [0.1, 0.15) is 5.65 Å². The third kappa shape index (κ3) is 3.21. The summed E-state index contributed by atoms with van der Waals surface area (Å²) in [4.78, 5) is 12.2. The van der Waals surface area contributed by atoms with E-state index < -0.39 is 11.7 Å². The molecule has 0 unspecified atom stereocenters. The van der Waals surface area contributed by atoms with E-state index in [1.165, 1.54) is 13.3 Å². The van der Waals surface area contributed by atoms with Crippen molar-refractivity contribution in [1.82, 2.24) is 19.4 Å². The van der Waals surface area contributed by atoms with Gasteiger partial charge in [0, 0.05) is 47.5 Å². The zero-order chi connectivity index (χ0) is 19.0. The lowest BCUT2D eigenvalue weighted by Gasteiger charge is -2.09. The van der Waals surface area contributed by atoms with Crippen molar-refractivity contribution >= 4 is 5.65 Å². The van der Waals surface area contributed by atoms with Crippen molar-refractivity contribution < 1.29 is 17.9 Å². The van der Waals surface area contributed by atoms with Crippen LogP contribution in [-0.4, -0.2) is 26.5 Å². The van der Waals surface area contributed by atoms with Gasteiger partial charge in [-0.2, -0.15) is 13.2 Å². The second-order valence-electron chi connectivity index (χ2n) is 5.84. The molecule has 5 nitrogen and oxygen atoms in total. The van der Waals surface area contributed by atoms with E-state index in [0.717, 1.165) is 23.5 Å². The fourth-order valence-electron chi connectivity index (χ4n) is 2.77. The molecule has 0 amide bonds. The van der Waals surface area contributed by atoms with E-state index in [9.17, 15) is 13.2 Å². The number of fused-ring (bicyclic) bond motifs is 1. The smallest absolute Gasteiger partial charge is 0.417 e. The number of methoxy groups -OCH3 is 1. The maximum Gasteiger partial charge on any atom is 0.417 e. The number of imidazole rings is 1. The molecule has 0 N–H and O–H groups in total. The number of nitrogens with zero attached hydrogens (tertiary/aromatic N) is 4. The zero-order valence-electron chi connectivity index (χ0n) is 14.1. The van der Waals surface area contributed by atoms with Crippen molar-refractivity contribution in [1.29, 1.82) is 0 Å². The van der Waals surface area contributed by atoms with Crippen LogP contribution in [0.25, 0.3) is 28.0 Å². The van der Waals surface area contributed by atoms with Crippen molar-refractivity contribution in [2.24, 2.45) is 0 Å². The fourth-order valence-corrected chi connectivity index (χ4v) is 2.77. The number of ether oxygens (including phenoxy) is 1. The van der Waals surface area contributed by atoms with Gasteiger partial charge >= 0.3 is 6.18 Å². The summed E-state index contributed by atoms with van der Waals surface area (Å²) in [5, 5.41) is 0. The Bertz CT molecular complexity index is 1100. The van der Waals surface area contributed by atoms with Gasteiger partial charge in [-0.05, 0) is 24.3 Å². The van der Waals surface area contributed by atoms with Gasteiger partial charge < -0.3 is 4.74 Å². The highest BCUT2D eigenvalue weighted by Crippen LogP contribution is 2.32. The molecule has 136 valence electrons. The second-order valence-corrected chi connectivity index (χ2v) is 5.84. The molecule has 0 fully saturated rings. The predicted molar refractivity (Wildman–Crippen MR) is 93.2 cm³/mol. The second kappa shape index (κ2) is 6.39. The molecule has 0 aliphatic carbocycles. The van der Waals surface area contributed by atoms with E-state index >= 15 is 0 Å². The summed E-state index contributed by atoms with van der Waals surface area (Å²) < 4.78 is 45.7. The topological polar surface area (TPSA) is 52.3 Å². The van der Waals surface area contributed by atoms with E-state index in [-0.39, 0.29) is 0 Å². The first-order valence-electron chi connectivity index (χ1n) is 7.96. The molecule has 0 aliphatic rings. The average molecular weight is 370 g/mol. The largest absolute Gasteiger partial charge is 0.481 e. The third-order valence-electron chi connectivity index (χ3n) is 4.15. The lowest BCUT2D eigenvalue weighted by atomic mass is 10.1. The van der Waals surface area contributed by atoms with Crippen LogP contribution < -0.4 is 4.74 Å². The first-order valence-corrected chi connectivity index (χ1v) is 7.96. The molecule has 27 heavy (non-hydrogen) atoms. The predicted octanol–water partition coefficient (Wildman–Crippen LogP) is 4.49. The van der Waals surface area contributed by atoms with Crippen molar-refractivity contribution in [3.05, 3.63) is 66.9 Å². The molecule has 0 aliphatic heterocycles. The van der Waals surface area contributed by atoms with Crippen LogP contribution in [0.2, 0.25) is 0 Å². The van der Waals surface area contributed by atoms with Gasteiger partial charge in [-0.15, -0.1) is 0 Å². The molecule has 4 aromatic rings. The van der Waals surface area contributed by atoms with E-state index in [1.54, 1.807) is 41.2 Å². The molecule has 0 saturated heterocycles. The van der Waals surface area contributed by atoms with Crippen LogP contribution in [0.15, 0.2) is 61.3 Å². The molecule has 0 radical (unpaired) electrons. The number of halogens is 3. The SMILES string of the molecule is COc1ccc(-c2cnc3ccc(-c4cncc(C(F)(F)F)c4)cn23)cn1. The average Bonchev–Trinajstić information content (AvgIpc) is 3.11. The molecular formula is C19H13F3N4O. The molecule has 0 saturated carbocycles. The van der Waals surface area contributed by atoms with Crippen LogP contribution in [-0.2, 0) is 6.18 Å². The number of alkyl halides is 3. The van der Waals surface area contributed by atoms with Crippen LogP contribution >= 0.6 is 0 Å². The number of rotatable bonds is 3. The van der Waals surface area contributed by atoms with E-state index in [2.05, 4.69) is 15.0 Å². The quantitative estimate of drug-likeness (QED) is 0.533. The van der Waals surface area contributed by atoms with Gasteiger partial charge in [0.2, 0.25) is 5.88 Å². The molecule has 0 atom stereocenters. The van der Waals surface area contributed by atoms with Crippen LogP contribution in [0.4, 0.5) is 13.2 Å². The Morgan fingerprint density at radius 2 is 1.70 bits per heavy atom. The Morgan fingerprint density at radius 1 is 0.889 bits per heavy atom. The fraction of sp³-hybridized carbons (Fsp3) is 0.105. The van der Waals surface area contributed by atoms with Gasteiger partial charge in [-0.1, -0.05) is 0 Å². The Balaban J connectivity index is 1.80. The molecule has 8 heteroatoms. The molecule has 4 aromatic heterocycles. The summed E-state index contributed by atoms with van der Waals surface area (Å²) in [6.45, 7) is 0. The van der Waals surface area contributed by atoms with Gasteiger partial charge in [0.05, 0.1) is 24.6 Å². The first kappa shape index (κ1) is 17.0. The molecule has 4 rings (SSSR count). The van der Waals surface area contributed by atoms with Crippen LogP contribution in [0.3, 0.4) is 0 Å². The molecule has 0 bridgehead atoms. The molecule has 4 heterocycles. The Morgan fingerprint density at radius 3 is 2.41 bits per heavy atom. The Kier molecular flexibility index (Phi) is 4.02. The summed E-state index contributed by atoms with van der Waals surface area (Å²) in [6, 6.07) is 8.12. The van der Waals surface area contributed by atoms with E-state index in [0.29, 0.717) is 22.7 Å². The Hall–Kier alpha value is -3.42. The van der Waals surface area contributed by atoms with Crippen LogP contribution in [0.5, 0.6) is 5.88 Å². The highest BCUT2D eigenvalue weighted by Gasteiger charge is 2.31. The normalized spacial score (nSPS) is 11.7. The van der Waals surface area contributed by atoms with Crippen molar-refractivity contribution in [2.75, 3.05) is 7.11 Å². The molecular weight excluding hydrogens is 357 g/mol. The van der Waals surface area contributed by atoms with Gasteiger partial charge in [0.15, 0.2) is 0 Å². The molecule has 0 spiro atoms. The van der Waals surface area contributed by atoms with Crippen LogP contribution in [0, 0.1) is 0 Å². The van der Waals surface area contributed by atoms with Gasteiger partial charge in [-0.25, -0.2) is 9.97 Å². The number of hydrogen-bond donors (Lipinski definition) is 0. The standard InChI is InChI=1S/C19H13F3N4O/c1-27-18-5-3-12(8-25-18)16-10-24-17-4-2-13(11-26(16)17)14-6-15(9-23-7-14)19(20,21)22/h2-11H,1H3. The lowest BCUT2D eigenvalue weighted by Crippen LogP contribution is -2.05. The summed E-state index contributed by atoms with van der Waals surface area (Å²) in [6.07, 6.45) is 2.85. The van der Waals surface area contributed by atoms with E-state index in [4.69, 9.17) is 4.74 Å². The lowest BCUT2D eigenvalue weighted by molar-refractivity contribution is -0.137. The number of aromatic nitrogens is 4. The third-order valence-corrected chi connectivity index (χ3v) is 4.15. The summed E-state index contributed by atoms with van der Waals surface area (Å²) in [7, 11) is 1.53. The molecule has 0 aromatic carbocycles. The summed E-state index contributed by atoms with van der Waals surface area (Å²) in [5.74, 6) is 0.489.